The van der Waals surface area contributed by atoms with Crippen LogP contribution in [0.2, 0.25) is 5.02 Å². The maximum Gasteiger partial charge on any atom is 0.338 e. The van der Waals surface area contributed by atoms with Crippen LogP contribution < -0.4 is 4.72 Å². The lowest BCUT2D eigenvalue weighted by molar-refractivity contribution is 0.0474. The molecule has 1 N–H and O–H groups in total. The lowest BCUT2D eigenvalue weighted by atomic mass is 10.1. The predicted octanol–water partition coefficient (Wildman–Crippen LogP) is 1.85. The van der Waals surface area contributed by atoms with Gasteiger partial charge in [0.25, 0.3) is 0 Å². The van der Waals surface area contributed by atoms with Gasteiger partial charge in [-0.15, -0.1) is 0 Å². The van der Waals surface area contributed by atoms with Gasteiger partial charge in [-0.05, 0) is 55.0 Å². The van der Waals surface area contributed by atoms with Crippen LogP contribution in [-0.4, -0.2) is 52.7 Å². The molecule has 1 saturated heterocycles. The Morgan fingerprint density at radius 3 is 2.20 bits per heavy atom. The minimum Gasteiger partial charge on any atom is -0.454 e. The first-order valence-electron chi connectivity index (χ1n) is 8.84. The van der Waals surface area contributed by atoms with Gasteiger partial charge in [-0.2, -0.15) is 0 Å². The van der Waals surface area contributed by atoms with Crippen LogP contribution >= 0.6 is 11.6 Å². The Bertz CT molecular complexity index is 1160. The first-order valence-corrected chi connectivity index (χ1v) is 12.5. The number of nitrogens with one attached hydrogen (secondary N) is 1. The minimum absolute atomic E-state index is 0.0558. The molecule has 1 aliphatic rings. The van der Waals surface area contributed by atoms with Crippen molar-refractivity contribution in [2.45, 2.75) is 17.4 Å². The molecule has 0 spiro atoms. The Balaban J connectivity index is 1.59. The average molecular weight is 472 g/mol. The van der Waals surface area contributed by atoms with Gasteiger partial charge in [0, 0.05) is 16.6 Å². The lowest BCUT2D eigenvalue weighted by Gasteiger charge is -2.12. The fraction of sp³-hybridized carbons (Fsp3) is 0.263. The Morgan fingerprint density at radius 1 is 1.03 bits per heavy atom. The summed E-state index contributed by atoms with van der Waals surface area (Å²) in [5.74, 6) is -1.48. The van der Waals surface area contributed by atoms with Crippen molar-refractivity contribution in [1.82, 2.24) is 4.72 Å². The molecule has 0 radical (unpaired) electrons. The standard InChI is InChI=1S/C19H18ClNO7S2/c20-15-5-1-13(2-6-15)18(22)11-28-19(23)14-3-7-17(8-4-14)30(26,27)21-16-9-10-29(24,25)12-16/h1-8,16,21H,9-12H2. The van der Waals surface area contributed by atoms with Crippen LogP contribution in [-0.2, 0) is 24.6 Å². The quantitative estimate of drug-likeness (QED) is 0.482. The van der Waals surface area contributed by atoms with Crippen molar-refractivity contribution in [2.75, 3.05) is 18.1 Å². The molecule has 11 heteroatoms. The number of ether oxygens (including phenoxy) is 1. The summed E-state index contributed by atoms with van der Waals surface area (Å²) in [5, 5.41) is 0.475. The molecule has 1 fully saturated rings. The van der Waals surface area contributed by atoms with E-state index in [1.54, 1.807) is 12.1 Å². The molecule has 1 heterocycles. The van der Waals surface area contributed by atoms with E-state index in [9.17, 15) is 26.4 Å². The number of rotatable bonds is 7. The number of hydrogen-bond acceptors (Lipinski definition) is 7. The van der Waals surface area contributed by atoms with Crippen LogP contribution in [0.1, 0.15) is 27.1 Å². The first kappa shape index (κ1) is 22.4. The second kappa shape index (κ2) is 8.84. The highest BCUT2D eigenvalue weighted by Gasteiger charge is 2.31. The van der Waals surface area contributed by atoms with Gasteiger partial charge >= 0.3 is 5.97 Å². The van der Waals surface area contributed by atoms with Gasteiger partial charge in [-0.1, -0.05) is 11.6 Å². The average Bonchev–Trinajstić information content (AvgIpc) is 3.04. The zero-order valence-corrected chi connectivity index (χ0v) is 18.0. The molecule has 0 aliphatic carbocycles. The Kier molecular flexibility index (Phi) is 6.61. The summed E-state index contributed by atoms with van der Waals surface area (Å²) in [4.78, 5) is 24.0. The lowest BCUT2D eigenvalue weighted by Crippen LogP contribution is -2.35. The monoisotopic (exact) mass is 471 g/mol. The molecule has 0 amide bonds. The smallest absolute Gasteiger partial charge is 0.338 e. The predicted molar refractivity (Wildman–Crippen MR) is 110 cm³/mol. The Hall–Kier alpha value is -2.27. The zero-order chi connectivity index (χ0) is 21.9. The van der Waals surface area contributed by atoms with Gasteiger partial charge in [0.15, 0.2) is 22.2 Å². The summed E-state index contributed by atoms with van der Waals surface area (Å²) in [6.45, 7) is -0.474. The number of sulfonamides is 1. The van der Waals surface area contributed by atoms with Gasteiger partial charge < -0.3 is 4.74 Å². The molecule has 2 aromatic rings. The highest BCUT2D eigenvalue weighted by atomic mass is 35.5. The number of hydrogen-bond donors (Lipinski definition) is 1. The Labute approximate surface area is 179 Å². The van der Waals surface area contributed by atoms with Crippen LogP contribution in [0.25, 0.3) is 0 Å². The van der Waals surface area contributed by atoms with E-state index in [1.807, 2.05) is 0 Å². The fourth-order valence-electron chi connectivity index (χ4n) is 2.88. The number of sulfone groups is 1. The van der Waals surface area contributed by atoms with E-state index in [0.29, 0.717) is 10.6 Å². The van der Waals surface area contributed by atoms with Gasteiger partial charge in [0.1, 0.15) is 0 Å². The molecule has 1 unspecified atom stereocenters. The molecule has 1 aliphatic heterocycles. The third kappa shape index (κ3) is 5.66. The van der Waals surface area contributed by atoms with Gasteiger partial charge in [-0.3, -0.25) is 4.79 Å². The number of ketones is 1. The highest BCUT2D eigenvalue weighted by molar-refractivity contribution is 7.92. The molecular formula is C19H18ClNO7S2. The van der Waals surface area contributed by atoms with Crippen LogP contribution in [0.5, 0.6) is 0 Å². The van der Waals surface area contributed by atoms with Crippen molar-refractivity contribution in [1.29, 1.82) is 0 Å². The maximum atomic E-state index is 12.4. The van der Waals surface area contributed by atoms with Crippen molar-refractivity contribution in [3.05, 3.63) is 64.7 Å². The van der Waals surface area contributed by atoms with E-state index in [-0.39, 0.29) is 28.4 Å². The summed E-state index contributed by atoms with van der Waals surface area (Å²) in [5.41, 5.74) is 0.412. The number of Topliss-reactive ketones (excluding diaryl/α,β-unsaturated/α-hetero) is 1. The fourth-order valence-corrected chi connectivity index (χ4v) is 6.05. The second-order valence-electron chi connectivity index (χ2n) is 6.75. The molecular weight excluding hydrogens is 454 g/mol. The first-order chi connectivity index (χ1) is 14.1. The van der Waals surface area contributed by atoms with E-state index < -0.39 is 44.3 Å². The van der Waals surface area contributed by atoms with E-state index in [1.165, 1.54) is 36.4 Å². The van der Waals surface area contributed by atoms with Crippen molar-refractivity contribution in [3.63, 3.8) is 0 Å². The van der Waals surface area contributed by atoms with E-state index in [2.05, 4.69) is 4.72 Å². The summed E-state index contributed by atoms with van der Waals surface area (Å²) >= 11 is 5.76. The molecule has 1 atom stereocenters. The summed E-state index contributed by atoms with van der Waals surface area (Å²) in [6, 6.07) is 10.4. The minimum atomic E-state index is -3.93. The molecule has 0 bridgehead atoms. The number of carbonyl (C=O) groups is 2. The molecule has 2 aromatic carbocycles. The summed E-state index contributed by atoms with van der Waals surface area (Å²) in [7, 11) is -7.16. The molecule has 160 valence electrons. The molecule has 30 heavy (non-hydrogen) atoms. The van der Waals surface area contributed by atoms with Crippen molar-refractivity contribution < 1.29 is 31.2 Å². The summed E-state index contributed by atoms with van der Waals surface area (Å²) < 4.78 is 55.1. The Morgan fingerprint density at radius 2 is 1.63 bits per heavy atom. The van der Waals surface area contributed by atoms with E-state index >= 15 is 0 Å². The van der Waals surface area contributed by atoms with Crippen LogP contribution in [0.4, 0.5) is 0 Å². The number of carbonyl (C=O) groups excluding carboxylic acids is 2. The SMILES string of the molecule is O=C(COC(=O)c1ccc(S(=O)(=O)NC2CCS(=O)(=O)C2)cc1)c1ccc(Cl)cc1. The van der Waals surface area contributed by atoms with E-state index in [0.717, 1.165) is 0 Å². The normalized spacial score (nSPS) is 18.1. The third-order valence-electron chi connectivity index (χ3n) is 4.46. The van der Waals surface area contributed by atoms with Crippen molar-refractivity contribution in [2.24, 2.45) is 0 Å². The largest absolute Gasteiger partial charge is 0.454 e. The van der Waals surface area contributed by atoms with Gasteiger partial charge in [-0.25, -0.2) is 26.4 Å². The topological polar surface area (TPSA) is 124 Å². The van der Waals surface area contributed by atoms with Crippen molar-refractivity contribution in [3.8, 4) is 0 Å². The van der Waals surface area contributed by atoms with Crippen LogP contribution in [0.15, 0.2) is 53.4 Å². The molecule has 0 aromatic heterocycles. The number of esters is 1. The van der Waals surface area contributed by atoms with Crippen LogP contribution in [0, 0.1) is 0 Å². The van der Waals surface area contributed by atoms with Gasteiger partial charge in [0.05, 0.1) is 22.0 Å². The number of benzene rings is 2. The van der Waals surface area contributed by atoms with Crippen molar-refractivity contribution >= 4 is 43.2 Å². The summed E-state index contributed by atoms with van der Waals surface area (Å²) in [6.07, 6.45) is 0.216. The highest BCUT2D eigenvalue weighted by Crippen LogP contribution is 2.17. The maximum absolute atomic E-state index is 12.4. The molecule has 0 saturated carbocycles. The number of halogens is 1. The second-order valence-corrected chi connectivity index (χ2v) is 11.1. The third-order valence-corrected chi connectivity index (χ3v) is 8.01. The molecule has 3 rings (SSSR count). The van der Waals surface area contributed by atoms with E-state index in [4.69, 9.17) is 16.3 Å². The van der Waals surface area contributed by atoms with Crippen LogP contribution in [0.3, 0.4) is 0 Å². The zero-order valence-electron chi connectivity index (χ0n) is 15.6. The molecule has 8 nitrogen and oxygen atoms in total. The van der Waals surface area contributed by atoms with Gasteiger partial charge in [0.2, 0.25) is 10.0 Å².